The van der Waals surface area contributed by atoms with Gasteiger partial charge in [0.1, 0.15) is 6.61 Å². The topological polar surface area (TPSA) is 78.9 Å². The van der Waals surface area contributed by atoms with Gasteiger partial charge in [-0.2, -0.15) is 0 Å². The van der Waals surface area contributed by atoms with Crippen LogP contribution in [0, 0.1) is 6.92 Å². The highest BCUT2D eigenvalue weighted by Crippen LogP contribution is 2.45. The van der Waals surface area contributed by atoms with Crippen molar-refractivity contribution >= 4 is 17.6 Å². The highest BCUT2D eigenvalue weighted by molar-refractivity contribution is 6.06. The fourth-order valence-corrected chi connectivity index (χ4v) is 5.06. The first-order valence-electron chi connectivity index (χ1n) is 10.1. The van der Waals surface area contributed by atoms with Crippen molar-refractivity contribution in [3.63, 3.8) is 0 Å². The van der Waals surface area contributed by atoms with Crippen LogP contribution in [0.25, 0.3) is 0 Å². The van der Waals surface area contributed by atoms with Gasteiger partial charge in [-0.05, 0) is 61.7 Å². The van der Waals surface area contributed by atoms with Gasteiger partial charge in [-0.3, -0.25) is 4.79 Å². The second kappa shape index (κ2) is 6.68. The number of anilines is 1. The van der Waals surface area contributed by atoms with Gasteiger partial charge in [0.15, 0.2) is 0 Å². The smallest absolute Gasteiger partial charge is 0.338 e. The minimum atomic E-state index is -0.644. The lowest BCUT2D eigenvalue weighted by Gasteiger charge is -2.38. The van der Waals surface area contributed by atoms with E-state index in [-0.39, 0.29) is 18.5 Å². The minimum Gasteiger partial charge on any atom is -0.457 e. The van der Waals surface area contributed by atoms with Gasteiger partial charge in [-0.15, -0.1) is 0 Å². The van der Waals surface area contributed by atoms with Gasteiger partial charge in [0.05, 0.1) is 17.1 Å². The Labute approximate surface area is 169 Å². The third kappa shape index (κ3) is 2.78. The number of likely N-dealkylation sites (tertiary alicyclic amines) is 1. The summed E-state index contributed by atoms with van der Waals surface area (Å²) in [5.41, 5.74) is 4.83. The Hall–Kier alpha value is -2.70. The van der Waals surface area contributed by atoms with Crippen LogP contribution in [0.15, 0.2) is 36.4 Å². The number of benzene rings is 2. The lowest BCUT2D eigenvalue weighted by Crippen LogP contribution is -2.47. The van der Waals surface area contributed by atoms with E-state index in [4.69, 9.17) is 4.74 Å². The molecule has 0 unspecified atom stereocenters. The summed E-state index contributed by atoms with van der Waals surface area (Å²) in [6.45, 7) is 4.23. The fourth-order valence-electron chi connectivity index (χ4n) is 5.06. The van der Waals surface area contributed by atoms with E-state index >= 15 is 0 Å². The monoisotopic (exact) mass is 392 g/mol. The molecule has 3 heterocycles. The molecule has 0 radical (unpaired) electrons. The predicted molar refractivity (Wildman–Crippen MR) is 108 cm³/mol. The molecule has 1 atom stereocenters. The van der Waals surface area contributed by atoms with Gasteiger partial charge in [-0.1, -0.05) is 24.3 Å². The number of nitrogens with zero attached hydrogens (tertiary/aromatic N) is 1. The Kier molecular flexibility index (Phi) is 4.22. The average molecular weight is 392 g/mol. The number of rotatable bonds is 3. The number of hydrogen-bond donors (Lipinski definition) is 2. The minimum absolute atomic E-state index is 0.0954. The molecule has 2 N–H and O–H groups in total. The molecule has 0 saturated carbocycles. The third-order valence-electron chi connectivity index (χ3n) is 6.83. The quantitative estimate of drug-likeness (QED) is 0.786. The molecule has 1 amide bonds. The van der Waals surface area contributed by atoms with Crippen LogP contribution in [0.4, 0.5) is 5.69 Å². The fraction of sp³-hybridized carbons (Fsp3) is 0.391. The number of para-hydroxylation sites is 1. The molecule has 1 fully saturated rings. The standard InChI is InChI=1S/C23H24N2O4/c1-14-15(6-7-16-17(14)13-29-21(16)27)20(26)12-25-10-8-23(9-11-25)18-4-2-3-5-19(18)24-22(23)28/h2-7,20,26H,8-13H2,1H3,(H,24,28)/t20-/m0/s1. The first-order valence-corrected chi connectivity index (χ1v) is 10.1. The number of cyclic esters (lactones) is 1. The summed E-state index contributed by atoms with van der Waals surface area (Å²) < 4.78 is 5.11. The number of piperidine rings is 1. The zero-order chi connectivity index (χ0) is 20.2. The van der Waals surface area contributed by atoms with E-state index in [2.05, 4.69) is 16.3 Å². The summed E-state index contributed by atoms with van der Waals surface area (Å²) >= 11 is 0. The first-order chi connectivity index (χ1) is 14.0. The van der Waals surface area contributed by atoms with Crippen molar-refractivity contribution in [1.82, 2.24) is 4.90 Å². The van der Waals surface area contributed by atoms with Crippen LogP contribution in [0.2, 0.25) is 0 Å². The number of fused-ring (bicyclic) bond motifs is 3. The Morgan fingerprint density at radius 2 is 1.93 bits per heavy atom. The maximum atomic E-state index is 12.7. The number of carbonyl (C=O) groups excluding carboxylic acids is 2. The second-order valence-corrected chi connectivity index (χ2v) is 8.28. The number of esters is 1. The van der Waals surface area contributed by atoms with Crippen molar-refractivity contribution in [3.8, 4) is 0 Å². The number of nitrogens with one attached hydrogen (secondary N) is 1. The molecule has 29 heavy (non-hydrogen) atoms. The normalized spacial score (nSPS) is 20.9. The maximum absolute atomic E-state index is 12.7. The summed E-state index contributed by atoms with van der Waals surface area (Å²) in [5, 5.41) is 13.9. The van der Waals surface area contributed by atoms with Crippen molar-refractivity contribution in [2.24, 2.45) is 0 Å². The molecule has 0 aromatic heterocycles. The van der Waals surface area contributed by atoms with Crippen LogP contribution in [0.1, 0.15) is 51.6 Å². The molecular formula is C23H24N2O4. The number of carbonyl (C=O) groups is 2. The van der Waals surface area contributed by atoms with Crippen LogP contribution in [-0.4, -0.2) is 41.5 Å². The number of aliphatic hydroxyl groups is 1. The zero-order valence-electron chi connectivity index (χ0n) is 16.4. The molecule has 0 aliphatic carbocycles. The van der Waals surface area contributed by atoms with E-state index < -0.39 is 11.5 Å². The van der Waals surface area contributed by atoms with Crippen molar-refractivity contribution < 1.29 is 19.4 Å². The first kappa shape index (κ1) is 18.3. The van der Waals surface area contributed by atoms with Gasteiger partial charge < -0.3 is 20.1 Å². The van der Waals surface area contributed by atoms with E-state index in [9.17, 15) is 14.7 Å². The number of aliphatic hydroxyl groups excluding tert-OH is 1. The van der Waals surface area contributed by atoms with Gasteiger partial charge in [0.2, 0.25) is 5.91 Å². The van der Waals surface area contributed by atoms with Gasteiger partial charge in [-0.25, -0.2) is 4.79 Å². The summed E-state index contributed by atoms with van der Waals surface area (Å²) in [5.74, 6) is -0.196. The van der Waals surface area contributed by atoms with E-state index in [1.807, 2.05) is 31.2 Å². The molecule has 5 rings (SSSR count). The van der Waals surface area contributed by atoms with Crippen LogP contribution in [-0.2, 0) is 21.6 Å². The molecule has 2 aromatic rings. The lowest BCUT2D eigenvalue weighted by molar-refractivity contribution is -0.122. The Bertz CT molecular complexity index is 1010. The molecule has 6 nitrogen and oxygen atoms in total. The number of amides is 1. The van der Waals surface area contributed by atoms with Crippen LogP contribution < -0.4 is 5.32 Å². The van der Waals surface area contributed by atoms with Crippen molar-refractivity contribution in [3.05, 3.63) is 64.2 Å². The summed E-state index contributed by atoms with van der Waals surface area (Å²) in [7, 11) is 0. The number of hydrogen-bond acceptors (Lipinski definition) is 5. The Morgan fingerprint density at radius 1 is 1.17 bits per heavy atom. The maximum Gasteiger partial charge on any atom is 0.338 e. The van der Waals surface area contributed by atoms with Crippen molar-refractivity contribution in [1.29, 1.82) is 0 Å². The largest absolute Gasteiger partial charge is 0.457 e. The molecular weight excluding hydrogens is 368 g/mol. The van der Waals surface area contributed by atoms with Crippen LogP contribution >= 0.6 is 0 Å². The summed E-state index contributed by atoms with van der Waals surface area (Å²) in [6.07, 6.45) is 0.844. The Morgan fingerprint density at radius 3 is 2.72 bits per heavy atom. The van der Waals surface area contributed by atoms with E-state index in [1.165, 1.54) is 0 Å². The molecule has 3 aliphatic heterocycles. The molecule has 3 aliphatic rings. The van der Waals surface area contributed by atoms with E-state index in [0.717, 1.165) is 53.9 Å². The van der Waals surface area contributed by atoms with E-state index in [0.29, 0.717) is 12.1 Å². The molecule has 1 spiro atoms. The number of β-amino-alcohol motifs (C(OH)–C–C–N with tert-alkyl or cyclic N) is 1. The predicted octanol–water partition coefficient (Wildman–Crippen LogP) is 2.68. The second-order valence-electron chi connectivity index (χ2n) is 8.28. The average Bonchev–Trinajstić information content (AvgIpc) is 3.23. The van der Waals surface area contributed by atoms with Gasteiger partial charge >= 0.3 is 5.97 Å². The van der Waals surface area contributed by atoms with Crippen molar-refractivity contribution in [2.75, 3.05) is 25.0 Å². The molecule has 0 bridgehead atoms. The lowest BCUT2D eigenvalue weighted by atomic mass is 9.73. The summed E-state index contributed by atoms with van der Waals surface area (Å²) in [4.78, 5) is 26.7. The molecule has 1 saturated heterocycles. The summed E-state index contributed by atoms with van der Waals surface area (Å²) in [6, 6.07) is 11.5. The van der Waals surface area contributed by atoms with Crippen LogP contribution in [0.5, 0.6) is 0 Å². The highest BCUT2D eigenvalue weighted by atomic mass is 16.5. The molecule has 2 aromatic carbocycles. The number of ether oxygens (including phenoxy) is 1. The van der Waals surface area contributed by atoms with Gasteiger partial charge in [0, 0.05) is 17.8 Å². The highest BCUT2D eigenvalue weighted by Gasteiger charge is 2.48. The van der Waals surface area contributed by atoms with E-state index in [1.54, 1.807) is 6.07 Å². The Balaban J connectivity index is 1.30. The molecule has 150 valence electrons. The van der Waals surface area contributed by atoms with Crippen LogP contribution in [0.3, 0.4) is 0 Å². The van der Waals surface area contributed by atoms with Gasteiger partial charge in [0.25, 0.3) is 0 Å². The SMILES string of the molecule is Cc1c([C@@H](O)CN2CCC3(CC2)C(=O)Nc2ccccc23)ccc2c1COC2=O. The molecule has 6 heteroatoms. The third-order valence-corrected chi connectivity index (χ3v) is 6.83. The zero-order valence-corrected chi connectivity index (χ0v) is 16.4. The van der Waals surface area contributed by atoms with Crippen molar-refractivity contribution in [2.45, 2.75) is 37.9 Å².